The van der Waals surface area contributed by atoms with Crippen LogP contribution in [-0.4, -0.2) is 15.8 Å². The summed E-state index contributed by atoms with van der Waals surface area (Å²) in [5.41, 5.74) is 0.988. The van der Waals surface area contributed by atoms with Crippen LogP contribution in [0.3, 0.4) is 0 Å². The van der Waals surface area contributed by atoms with Gasteiger partial charge in [0.15, 0.2) is 6.29 Å². The molecule has 56 valence electrons. The highest BCUT2D eigenvalue weighted by atomic mass is 32.1. The Morgan fingerprint density at radius 2 is 2.55 bits per heavy atom. The number of aromatic nitrogens is 2. The molecule has 0 fully saturated rings. The van der Waals surface area contributed by atoms with Crippen molar-refractivity contribution in [2.24, 2.45) is 0 Å². The number of rotatable bonds is 1. The topological polar surface area (TPSA) is 34.9 Å². The van der Waals surface area contributed by atoms with Gasteiger partial charge in [-0.2, -0.15) is 5.10 Å². The van der Waals surface area contributed by atoms with Gasteiger partial charge in [0.2, 0.25) is 0 Å². The largest absolute Gasteiger partial charge is 0.297 e. The third-order valence-electron chi connectivity index (χ3n) is 1.42. The van der Waals surface area contributed by atoms with Gasteiger partial charge in [0.05, 0.1) is 21.3 Å². The van der Waals surface area contributed by atoms with Gasteiger partial charge in [-0.1, -0.05) is 0 Å². The van der Waals surface area contributed by atoms with E-state index >= 15 is 0 Å². The van der Waals surface area contributed by atoms with Crippen molar-refractivity contribution in [2.75, 3.05) is 0 Å². The van der Waals surface area contributed by atoms with E-state index in [1.165, 1.54) is 11.3 Å². The molecular weight excluding hydrogens is 179 g/mol. The number of carbonyl (C=O) groups is 1. The summed E-state index contributed by atoms with van der Waals surface area (Å²) in [4.78, 5) is 11.1. The molecule has 2 rings (SSSR count). The van der Waals surface area contributed by atoms with Crippen LogP contribution in [0.2, 0.25) is 0 Å². The van der Waals surface area contributed by atoms with Crippen molar-refractivity contribution < 1.29 is 4.79 Å². The maximum absolute atomic E-state index is 10.4. The maximum Gasteiger partial charge on any atom is 0.160 e. The summed E-state index contributed by atoms with van der Waals surface area (Å²) in [6, 6.07) is 1.83. The molecule has 0 saturated heterocycles. The predicted molar refractivity (Wildman–Crippen MR) is 48.1 cm³/mol. The fraction of sp³-hybridized carbons (Fsp3) is 0. The number of nitrogens with zero attached hydrogens (tertiary/aromatic N) is 2. The Morgan fingerprint density at radius 3 is 3.18 bits per heavy atom. The van der Waals surface area contributed by atoms with Gasteiger partial charge in [0.25, 0.3) is 0 Å². The minimum absolute atomic E-state index is 0.744. The molecule has 0 saturated carbocycles. The number of hydrogen-bond acceptors (Lipinski definition) is 3. The van der Waals surface area contributed by atoms with Gasteiger partial charge in [0.1, 0.15) is 0 Å². The molecule has 2 aromatic rings. The summed E-state index contributed by atoms with van der Waals surface area (Å²) in [5, 5.41) is 4.01. The third-order valence-corrected chi connectivity index (χ3v) is 2.82. The maximum atomic E-state index is 10.4. The second kappa shape index (κ2) is 2.40. The molecule has 0 aliphatic rings. The Kier molecular flexibility index (Phi) is 1.51. The van der Waals surface area contributed by atoms with Crippen molar-refractivity contribution in [2.45, 2.75) is 0 Å². The molecule has 1 unspecified atom stereocenters. The van der Waals surface area contributed by atoms with Crippen LogP contribution in [0.4, 0.5) is 0 Å². The highest BCUT2D eigenvalue weighted by Crippen LogP contribution is 2.24. The van der Waals surface area contributed by atoms with Crippen LogP contribution >= 0.6 is 20.7 Å². The van der Waals surface area contributed by atoms with E-state index in [2.05, 4.69) is 14.5 Å². The summed E-state index contributed by atoms with van der Waals surface area (Å²) in [5.74, 6) is 0. The monoisotopic (exact) mass is 184 g/mol. The van der Waals surface area contributed by atoms with Gasteiger partial charge in [0, 0.05) is 0 Å². The molecule has 1 atom stereocenters. The molecule has 5 heteroatoms. The van der Waals surface area contributed by atoms with E-state index in [-0.39, 0.29) is 0 Å². The lowest BCUT2D eigenvalue weighted by Crippen LogP contribution is -1.77. The number of thiophene rings is 1. The van der Waals surface area contributed by atoms with Crippen molar-refractivity contribution in [3.63, 3.8) is 0 Å². The Labute approximate surface area is 69.3 Å². The average Bonchev–Trinajstić information content (AvgIpc) is 2.53. The fourth-order valence-electron chi connectivity index (χ4n) is 0.921. The lowest BCUT2D eigenvalue weighted by molar-refractivity contribution is 0.112. The van der Waals surface area contributed by atoms with Crippen molar-refractivity contribution in [3.05, 3.63) is 17.1 Å². The molecule has 0 spiro atoms. The first-order chi connectivity index (χ1) is 5.31. The standard InChI is InChI=1S/C6H5N2OPS/c9-3-4-1-5-6(11-4)2-7-8(5)10/h1-3H,10H2. The van der Waals surface area contributed by atoms with E-state index in [1.807, 2.05) is 6.07 Å². The summed E-state index contributed by atoms with van der Waals surface area (Å²) in [7, 11) is 2.46. The third kappa shape index (κ3) is 0.988. The van der Waals surface area contributed by atoms with Gasteiger partial charge in [-0.3, -0.25) is 4.79 Å². The molecule has 0 aromatic carbocycles. The van der Waals surface area contributed by atoms with E-state index in [0.29, 0.717) is 0 Å². The Balaban J connectivity index is 2.79. The van der Waals surface area contributed by atoms with Gasteiger partial charge >= 0.3 is 0 Å². The lowest BCUT2D eigenvalue weighted by atomic mass is 10.4. The van der Waals surface area contributed by atoms with Crippen molar-refractivity contribution >= 4 is 37.2 Å². The Hall–Kier alpha value is -0.730. The average molecular weight is 184 g/mol. The molecule has 0 aliphatic carbocycles. The second-order valence-electron chi connectivity index (χ2n) is 2.11. The number of carbonyl (C=O) groups excluding carboxylic acids is 1. The minimum Gasteiger partial charge on any atom is -0.297 e. The van der Waals surface area contributed by atoms with Gasteiger partial charge in [-0.25, -0.2) is 4.45 Å². The van der Waals surface area contributed by atoms with E-state index in [0.717, 1.165) is 21.4 Å². The van der Waals surface area contributed by atoms with Crippen LogP contribution in [0, 0.1) is 0 Å². The van der Waals surface area contributed by atoms with Crippen LogP contribution in [0.15, 0.2) is 12.3 Å². The molecule has 0 aliphatic heterocycles. The van der Waals surface area contributed by atoms with Crippen LogP contribution in [0.25, 0.3) is 10.2 Å². The highest BCUT2D eigenvalue weighted by molar-refractivity contribution is 7.21. The molecular formula is C6H5N2OPS. The van der Waals surface area contributed by atoms with E-state index in [1.54, 1.807) is 10.6 Å². The van der Waals surface area contributed by atoms with Crippen molar-refractivity contribution in [3.8, 4) is 0 Å². The smallest absolute Gasteiger partial charge is 0.160 e. The highest BCUT2D eigenvalue weighted by Gasteiger charge is 2.03. The number of fused-ring (bicyclic) bond motifs is 1. The van der Waals surface area contributed by atoms with Crippen LogP contribution in [-0.2, 0) is 0 Å². The van der Waals surface area contributed by atoms with Crippen molar-refractivity contribution in [1.29, 1.82) is 0 Å². The molecule has 2 aromatic heterocycles. The predicted octanol–water partition coefficient (Wildman–Crippen LogP) is 1.55. The zero-order valence-corrected chi connectivity index (χ0v) is 7.49. The summed E-state index contributed by atoms with van der Waals surface area (Å²) >= 11 is 1.45. The zero-order chi connectivity index (χ0) is 7.84. The van der Waals surface area contributed by atoms with Gasteiger partial charge in [-0.05, 0) is 15.5 Å². The molecule has 2 heterocycles. The molecule has 11 heavy (non-hydrogen) atoms. The Bertz CT molecular complexity index is 406. The number of hydrogen-bond donors (Lipinski definition) is 0. The summed E-state index contributed by atoms with van der Waals surface area (Å²) in [6.07, 6.45) is 2.61. The fourth-order valence-corrected chi connectivity index (χ4v) is 2.12. The second-order valence-corrected chi connectivity index (χ2v) is 3.71. The molecule has 0 amide bonds. The first-order valence-corrected chi connectivity index (χ1v) is 4.32. The Morgan fingerprint density at radius 1 is 1.73 bits per heavy atom. The van der Waals surface area contributed by atoms with E-state index in [4.69, 9.17) is 0 Å². The lowest BCUT2D eigenvalue weighted by Gasteiger charge is -1.84. The summed E-state index contributed by atoms with van der Waals surface area (Å²) < 4.78 is 2.72. The quantitative estimate of drug-likeness (QED) is 0.497. The van der Waals surface area contributed by atoms with Gasteiger partial charge in [-0.15, -0.1) is 11.3 Å². The van der Waals surface area contributed by atoms with Crippen molar-refractivity contribution in [1.82, 2.24) is 9.55 Å². The first kappa shape index (κ1) is 6.95. The van der Waals surface area contributed by atoms with E-state index in [9.17, 15) is 4.79 Å². The van der Waals surface area contributed by atoms with Crippen LogP contribution < -0.4 is 0 Å². The summed E-state index contributed by atoms with van der Waals surface area (Å²) in [6.45, 7) is 0. The normalized spacial score (nSPS) is 10.6. The molecule has 0 radical (unpaired) electrons. The minimum atomic E-state index is 0.744. The zero-order valence-electron chi connectivity index (χ0n) is 5.52. The molecule has 0 N–H and O–H groups in total. The molecule has 3 nitrogen and oxygen atoms in total. The van der Waals surface area contributed by atoms with Gasteiger partial charge < -0.3 is 0 Å². The van der Waals surface area contributed by atoms with Crippen LogP contribution in [0.5, 0.6) is 0 Å². The van der Waals surface area contributed by atoms with Crippen LogP contribution in [0.1, 0.15) is 9.67 Å². The van der Waals surface area contributed by atoms with E-state index < -0.39 is 0 Å². The molecule has 0 bridgehead atoms. The SMILES string of the molecule is O=Cc1cc2c(cnn2P)s1. The first-order valence-electron chi connectivity index (χ1n) is 2.99. The number of aldehydes is 1.